The third-order valence-corrected chi connectivity index (χ3v) is 3.00. The second-order valence-electron chi connectivity index (χ2n) is 5.29. The van der Waals surface area contributed by atoms with Crippen molar-refractivity contribution in [3.63, 3.8) is 0 Å². The summed E-state index contributed by atoms with van der Waals surface area (Å²) >= 11 is 0. The van der Waals surface area contributed by atoms with Crippen molar-refractivity contribution in [3.05, 3.63) is 35.4 Å². The van der Waals surface area contributed by atoms with Gasteiger partial charge in [-0.05, 0) is 23.5 Å². The van der Waals surface area contributed by atoms with Crippen LogP contribution >= 0.6 is 24.0 Å². The SMILES string of the molecule is CN=C(NCCC(C)C)NCc1cccc(COC)c1.I. The lowest BCUT2D eigenvalue weighted by Gasteiger charge is -2.13. The molecule has 0 amide bonds. The van der Waals surface area contributed by atoms with Gasteiger partial charge >= 0.3 is 0 Å². The minimum Gasteiger partial charge on any atom is -0.380 e. The molecule has 1 aromatic rings. The fourth-order valence-electron chi connectivity index (χ4n) is 1.88. The summed E-state index contributed by atoms with van der Waals surface area (Å²) in [5.41, 5.74) is 2.42. The van der Waals surface area contributed by atoms with Gasteiger partial charge in [0.25, 0.3) is 0 Å². The molecule has 0 radical (unpaired) electrons. The van der Waals surface area contributed by atoms with E-state index in [9.17, 15) is 0 Å². The van der Waals surface area contributed by atoms with Crippen molar-refractivity contribution in [2.75, 3.05) is 20.7 Å². The summed E-state index contributed by atoms with van der Waals surface area (Å²) in [4.78, 5) is 4.23. The highest BCUT2D eigenvalue weighted by atomic mass is 127. The third-order valence-electron chi connectivity index (χ3n) is 3.00. The first-order valence-corrected chi connectivity index (χ1v) is 7.17. The van der Waals surface area contributed by atoms with Crippen molar-refractivity contribution < 1.29 is 4.74 Å². The Bertz CT molecular complexity index is 422. The van der Waals surface area contributed by atoms with E-state index in [4.69, 9.17) is 4.74 Å². The third kappa shape index (κ3) is 8.93. The van der Waals surface area contributed by atoms with Crippen LogP contribution in [0.15, 0.2) is 29.3 Å². The Hall–Kier alpha value is -0.820. The molecule has 0 aliphatic heterocycles. The average molecular weight is 405 g/mol. The smallest absolute Gasteiger partial charge is 0.191 e. The first kappa shape index (κ1) is 20.2. The van der Waals surface area contributed by atoms with E-state index in [2.05, 4.69) is 53.7 Å². The summed E-state index contributed by atoms with van der Waals surface area (Å²) in [5.74, 6) is 1.55. The number of benzene rings is 1. The molecule has 2 N–H and O–H groups in total. The van der Waals surface area contributed by atoms with Crippen LogP contribution in [-0.4, -0.2) is 26.7 Å². The Kier molecular flexibility index (Phi) is 11.3. The number of halogens is 1. The number of guanidine groups is 1. The second-order valence-corrected chi connectivity index (χ2v) is 5.29. The van der Waals surface area contributed by atoms with Gasteiger partial charge in [-0.2, -0.15) is 0 Å². The summed E-state index contributed by atoms with van der Waals surface area (Å²) < 4.78 is 5.15. The number of methoxy groups -OCH3 is 1. The van der Waals surface area contributed by atoms with Gasteiger partial charge in [0.2, 0.25) is 0 Å². The fraction of sp³-hybridized carbons (Fsp3) is 0.562. The Morgan fingerprint density at radius 1 is 1.24 bits per heavy atom. The maximum Gasteiger partial charge on any atom is 0.191 e. The van der Waals surface area contributed by atoms with Crippen LogP contribution in [0.1, 0.15) is 31.4 Å². The molecule has 1 aromatic carbocycles. The maximum atomic E-state index is 5.15. The molecule has 0 saturated carbocycles. The van der Waals surface area contributed by atoms with E-state index in [0.29, 0.717) is 12.5 Å². The predicted octanol–water partition coefficient (Wildman–Crippen LogP) is 3.16. The molecule has 0 spiro atoms. The first-order valence-electron chi connectivity index (χ1n) is 7.17. The summed E-state index contributed by atoms with van der Waals surface area (Å²) in [7, 11) is 3.51. The zero-order chi connectivity index (χ0) is 14.8. The standard InChI is InChI=1S/C16H27N3O.HI/c1-13(2)8-9-18-16(17-3)19-11-14-6-5-7-15(10-14)12-20-4;/h5-7,10,13H,8-9,11-12H2,1-4H3,(H2,17,18,19);1H. The average Bonchev–Trinajstić information content (AvgIpc) is 2.43. The number of aliphatic imine (C=N–C) groups is 1. The number of nitrogens with one attached hydrogen (secondary N) is 2. The van der Waals surface area contributed by atoms with Crippen molar-refractivity contribution >= 4 is 29.9 Å². The molecule has 0 fully saturated rings. The molecule has 0 aliphatic carbocycles. The molecule has 5 heteroatoms. The Morgan fingerprint density at radius 2 is 1.95 bits per heavy atom. The van der Waals surface area contributed by atoms with Crippen molar-refractivity contribution in [3.8, 4) is 0 Å². The van der Waals surface area contributed by atoms with Gasteiger partial charge in [-0.25, -0.2) is 0 Å². The molecule has 21 heavy (non-hydrogen) atoms. The van der Waals surface area contributed by atoms with Crippen molar-refractivity contribution in [1.82, 2.24) is 10.6 Å². The van der Waals surface area contributed by atoms with Gasteiger partial charge in [-0.3, -0.25) is 4.99 Å². The van der Waals surface area contributed by atoms with Gasteiger partial charge in [0.15, 0.2) is 5.96 Å². The minimum atomic E-state index is 0. The molecule has 1 rings (SSSR count). The van der Waals surface area contributed by atoms with E-state index < -0.39 is 0 Å². The van der Waals surface area contributed by atoms with Gasteiger partial charge in [0.05, 0.1) is 6.61 Å². The largest absolute Gasteiger partial charge is 0.380 e. The lowest BCUT2D eigenvalue weighted by Crippen LogP contribution is -2.37. The van der Waals surface area contributed by atoms with Crippen LogP contribution in [0.5, 0.6) is 0 Å². The van der Waals surface area contributed by atoms with Crippen molar-refractivity contribution in [2.45, 2.75) is 33.4 Å². The summed E-state index contributed by atoms with van der Waals surface area (Å²) in [6.07, 6.45) is 1.14. The zero-order valence-corrected chi connectivity index (χ0v) is 15.8. The molecule has 0 heterocycles. The lowest BCUT2D eigenvalue weighted by atomic mass is 10.1. The van der Waals surface area contributed by atoms with Crippen LogP contribution in [0, 0.1) is 5.92 Å². The highest BCUT2D eigenvalue weighted by molar-refractivity contribution is 14.0. The quantitative estimate of drug-likeness (QED) is 0.416. The normalized spacial score (nSPS) is 11.2. The number of rotatable bonds is 7. The number of nitrogens with zero attached hydrogens (tertiary/aromatic N) is 1. The molecular formula is C16H28IN3O. The Balaban J connectivity index is 0.00000400. The van der Waals surface area contributed by atoms with E-state index in [1.165, 1.54) is 11.1 Å². The van der Waals surface area contributed by atoms with Crippen molar-refractivity contribution in [2.24, 2.45) is 10.9 Å². The molecule has 120 valence electrons. The molecular weight excluding hydrogens is 377 g/mol. The summed E-state index contributed by atoms with van der Waals surface area (Å²) in [6, 6.07) is 8.38. The monoisotopic (exact) mass is 405 g/mol. The molecule has 0 aromatic heterocycles. The Labute approximate surface area is 145 Å². The number of ether oxygens (including phenoxy) is 1. The fourth-order valence-corrected chi connectivity index (χ4v) is 1.88. The zero-order valence-electron chi connectivity index (χ0n) is 13.5. The number of hydrogen-bond acceptors (Lipinski definition) is 2. The van der Waals surface area contributed by atoms with Gasteiger partial charge in [-0.1, -0.05) is 38.1 Å². The van der Waals surface area contributed by atoms with Gasteiger partial charge < -0.3 is 15.4 Å². The molecule has 0 bridgehead atoms. The van der Waals surface area contributed by atoms with Crippen molar-refractivity contribution in [1.29, 1.82) is 0 Å². The topological polar surface area (TPSA) is 45.7 Å². The van der Waals surface area contributed by atoms with Gasteiger partial charge in [0, 0.05) is 27.2 Å². The van der Waals surface area contributed by atoms with E-state index in [-0.39, 0.29) is 24.0 Å². The molecule has 0 unspecified atom stereocenters. The van der Waals surface area contributed by atoms with Crippen LogP contribution in [0.3, 0.4) is 0 Å². The molecule has 0 aliphatic rings. The molecule has 4 nitrogen and oxygen atoms in total. The molecule has 0 saturated heterocycles. The molecule has 0 atom stereocenters. The maximum absolute atomic E-state index is 5.15. The summed E-state index contributed by atoms with van der Waals surface area (Å²) in [5, 5.41) is 6.65. The van der Waals surface area contributed by atoms with Crippen LogP contribution in [0.2, 0.25) is 0 Å². The highest BCUT2D eigenvalue weighted by Gasteiger charge is 2.00. The predicted molar refractivity (Wildman–Crippen MR) is 100 cm³/mol. The van der Waals surface area contributed by atoms with Gasteiger partial charge in [-0.15, -0.1) is 24.0 Å². The van der Waals surface area contributed by atoms with Gasteiger partial charge in [0.1, 0.15) is 0 Å². The van der Waals surface area contributed by atoms with E-state index in [1.54, 1.807) is 14.2 Å². The number of hydrogen-bond donors (Lipinski definition) is 2. The lowest BCUT2D eigenvalue weighted by molar-refractivity contribution is 0.185. The second kappa shape index (κ2) is 11.8. The van der Waals surface area contributed by atoms with Crippen LogP contribution < -0.4 is 10.6 Å². The first-order chi connectivity index (χ1) is 9.65. The Morgan fingerprint density at radius 3 is 2.57 bits per heavy atom. The highest BCUT2D eigenvalue weighted by Crippen LogP contribution is 2.06. The minimum absolute atomic E-state index is 0. The van der Waals surface area contributed by atoms with E-state index >= 15 is 0 Å². The van der Waals surface area contributed by atoms with Crippen LogP contribution in [0.4, 0.5) is 0 Å². The summed E-state index contributed by atoms with van der Waals surface area (Å²) in [6.45, 7) is 6.80. The van der Waals surface area contributed by atoms with Crippen LogP contribution in [0.25, 0.3) is 0 Å². The van der Waals surface area contributed by atoms with E-state index in [0.717, 1.165) is 25.5 Å². The van der Waals surface area contributed by atoms with Crippen LogP contribution in [-0.2, 0) is 17.9 Å². The van der Waals surface area contributed by atoms with E-state index in [1.807, 2.05) is 0 Å².